The summed E-state index contributed by atoms with van der Waals surface area (Å²) in [5.74, 6) is 0.256. The number of hydrogen-bond acceptors (Lipinski definition) is 6. The van der Waals surface area contributed by atoms with Crippen molar-refractivity contribution >= 4 is 21.9 Å². The Balaban J connectivity index is 0.00000126. The third kappa shape index (κ3) is 3.89. The van der Waals surface area contributed by atoms with Crippen molar-refractivity contribution in [3.63, 3.8) is 0 Å². The minimum Gasteiger partial charge on any atom is -0.468 e. The highest BCUT2D eigenvalue weighted by atomic mass is 32.2. The molecule has 0 spiro atoms. The van der Waals surface area contributed by atoms with Crippen LogP contribution in [-0.2, 0) is 19.6 Å². The number of hydrogen-bond donors (Lipinski definition) is 1. The molecule has 1 saturated heterocycles. The highest BCUT2D eigenvalue weighted by Crippen LogP contribution is 2.47. The second kappa shape index (κ2) is 9.15. The molecule has 2 aromatic carbocycles. The van der Waals surface area contributed by atoms with Crippen molar-refractivity contribution in [3.8, 4) is 11.5 Å². The van der Waals surface area contributed by atoms with E-state index < -0.39 is 22.0 Å². The van der Waals surface area contributed by atoms with E-state index in [2.05, 4.69) is 5.32 Å². The highest BCUT2D eigenvalue weighted by Gasteiger charge is 2.40. The second-order valence-corrected chi connectivity index (χ2v) is 9.82. The maximum Gasteiger partial charge on any atom is 0.324 e. The number of esters is 1. The monoisotopic (exact) mass is 472 g/mol. The normalized spacial score (nSPS) is 21.4. The highest BCUT2D eigenvalue weighted by molar-refractivity contribution is 7.89. The number of ether oxygens (including phenoxy) is 2. The van der Waals surface area contributed by atoms with Gasteiger partial charge in [0.05, 0.1) is 12.0 Å². The first-order valence-electron chi connectivity index (χ1n) is 11.2. The molecule has 2 unspecified atom stereocenters. The number of sulfonamides is 1. The van der Waals surface area contributed by atoms with Gasteiger partial charge in [-0.3, -0.25) is 9.59 Å². The molecule has 2 atom stereocenters. The van der Waals surface area contributed by atoms with Crippen molar-refractivity contribution in [1.29, 1.82) is 0 Å². The third-order valence-corrected chi connectivity index (χ3v) is 8.14. The van der Waals surface area contributed by atoms with Crippen LogP contribution in [0.15, 0.2) is 41.3 Å². The number of fused-ring (bicyclic) bond motifs is 2. The van der Waals surface area contributed by atoms with Gasteiger partial charge in [0.2, 0.25) is 10.0 Å². The zero-order chi connectivity index (χ0) is 23.8. The lowest BCUT2D eigenvalue weighted by Crippen LogP contribution is -2.48. The maximum atomic E-state index is 13.5. The fourth-order valence-electron chi connectivity index (χ4n) is 4.72. The van der Waals surface area contributed by atoms with Gasteiger partial charge in [0.1, 0.15) is 17.5 Å². The van der Waals surface area contributed by atoms with Crippen LogP contribution in [0.4, 0.5) is 0 Å². The Morgan fingerprint density at radius 1 is 1.15 bits per heavy atom. The van der Waals surface area contributed by atoms with E-state index in [1.807, 2.05) is 19.9 Å². The molecule has 0 aromatic heterocycles. The van der Waals surface area contributed by atoms with Crippen LogP contribution in [-0.4, -0.2) is 50.8 Å². The lowest BCUT2D eigenvalue weighted by Gasteiger charge is -2.35. The molecule has 1 amide bonds. The molecule has 1 N–H and O–H groups in total. The van der Waals surface area contributed by atoms with E-state index >= 15 is 0 Å². The Morgan fingerprint density at radius 3 is 2.70 bits per heavy atom. The number of rotatable bonds is 3. The Morgan fingerprint density at radius 2 is 1.94 bits per heavy atom. The van der Waals surface area contributed by atoms with Crippen LogP contribution >= 0.6 is 0 Å². The van der Waals surface area contributed by atoms with Crippen molar-refractivity contribution < 1.29 is 27.5 Å². The SMILES string of the molecule is CC.COC(=O)C1CCCCN1S(=O)(=O)c1ccc2c(c1)C1CNC(=O)c3cccc(c31)O2. The van der Waals surface area contributed by atoms with E-state index in [0.29, 0.717) is 42.0 Å². The molecule has 2 aromatic rings. The van der Waals surface area contributed by atoms with Crippen molar-refractivity contribution in [2.75, 3.05) is 20.2 Å². The predicted molar refractivity (Wildman–Crippen MR) is 122 cm³/mol. The first-order chi connectivity index (χ1) is 15.9. The molecule has 5 rings (SSSR count). The molecule has 3 aliphatic rings. The Bertz CT molecular complexity index is 1190. The summed E-state index contributed by atoms with van der Waals surface area (Å²) in [6.07, 6.45) is 1.89. The van der Waals surface area contributed by atoms with Crippen LogP contribution in [0.3, 0.4) is 0 Å². The van der Waals surface area contributed by atoms with E-state index in [4.69, 9.17) is 9.47 Å². The van der Waals surface area contributed by atoms with E-state index in [1.54, 1.807) is 24.3 Å². The van der Waals surface area contributed by atoms with Crippen molar-refractivity contribution in [2.45, 2.75) is 50.0 Å². The van der Waals surface area contributed by atoms with Crippen molar-refractivity contribution in [3.05, 3.63) is 53.1 Å². The van der Waals surface area contributed by atoms with E-state index in [-0.39, 0.29) is 23.3 Å². The fraction of sp³-hybridized carbons (Fsp3) is 0.417. The molecule has 176 valence electrons. The number of nitrogens with one attached hydrogen (secondary N) is 1. The number of nitrogens with zero attached hydrogens (tertiary/aromatic N) is 1. The summed E-state index contributed by atoms with van der Waals surface area (Å²) in [4.78, 5) is 24.6. The molecule has 1 fully saturated rings. The van der Waals surface area contributed by atoms with Gasteiger partial charge in [0.25, 0.3) is 5.91 Å². The number of carbonyl (C=O) groups is 2. The average Bonchev–Trinajstić information content (AvgIpc) is 2.86. The number of carbonyl (C=O) groups excluding carboxylic acids is 2. The zero-order valence-corrected chi connectivity index (χ0v) is 19.8. The Kier molecular flexibility index (Phi) is 6.45. The van der Waals surface area contributed by atoms with E-state index in [9.17, 15) is 18.0 Å². The largest absolute Gasteiger partial charge is 0.468 e. The zero-order valence-electron chi connectivity index (χ0n) is 19.0. The molecule has 9 heteroatoms. The average molecular weight is 473 g/mol. The fourth-order valence-corrected chi connectivity index (χ4v) is 6.40. The first-order valence-corrected chi connectivity index (χ1v) is 12.7. The van der Waals surface area contributed by atoms with Gasteiger partial charge in [-0.25, -0.2) is 8.42 Å². The summed E-state index contributed by atoms with van der Waals surface area (Å²) in [6.45, 7) is 4.62. The standard InChI is InChI=1S/C22H22N2O6S.C2H6/c1-29-22(26)17-6-2-3-10-24(17)31(27,28)13-8-9-18-15(11-13)16-12-23-21(25)14-5-4-7-19(30-18)20(14)16;1-2/h4-5,7-9,11,16-17H,2-3,6,10,12H2,1H3,(H,23,25);1-2H3. The van der Waals surface area contributed by atoms with Crippen LogP contribution in [0.2, 0.25) is 0 Å². The van der Waals surface area contributed by atoms with Crippen LogP contribution in [0.1, 0.15) is 60.5 Å². The Labute approximate surface area is 193 Å². The first kappa shape index (κ1) is 23.3. The lowest BCUT2D eigenvalue weighted by molar-refractivity contribution is -0.146. The summed E-state index contributed by atoms with van der Waals surface area (Å²) < 4.78 is 39.1. The summed E-state index contributed by atoms with van der Waals surface area (Å²) in [5.41, 5.74) is 2.01. The topological polar surface area (TPSA) is 102 Å². The molecule has 3 heterocycles. The maximum absolute atomic E-state index is 13.5. The molecular formula is C24H28N2O6S. The van der Waals surface area contributed by atoms with Crippen molar-refractivity contribution in [2.24, 2.45) is 0 Å². The third-order valence-electron chi connectivity index (χ3n) is 6.24. The molecule has 0 bridgehead atoms. The molecule has 0 radical (unpaired) electrons. The van der Waals surface area contributed by atoms with E-state index in [1.165, 1.54) is 17.5 Å². The summed E-state index contributed by atoms with van der Waals surface area (Å²) in [7, 11) is -2.65. The van der Waals surface area contributed by atoms with Crippen LogP contribution in [0.5, 0.6) is 11.5 Å². The smallest absolute Gasteiger partial charge is 0.324 e. The van der Waals surface area contributed by atoms with Crippen LogP contribution in [0.25, 0.3) is 0 Å². The molecule has 8 nitrogen and oxygen atoms in total. The van der Waals surface area contributed by atoms with Crippen molar-refractivity contribution in [1.82, 2.24) is 9.62 Å². The second-order valence-electron chi connectivity index (χ2n) is 7.93. The van der Waals surface area contributed by atoms with Gasteiger partial charge >= 0.3 is 5.97 Å². The van der Waals surface area contributed by atoms with Gasteiger partial charge in [0, 0.05) is 35.7 Å². The molecular weight excluding hydrogens is 444 g/mol. The van der Waals surface area contributed by atoms with Gasteiger partial charge in [-0.15, -0.1) is 0 Å². The Hall–Kier alpha value is -2.91. The lowest BCUT2D eigenvalue weighted by atomic mass is 9.82. The van der Waals surface area contributed by atoms with Gasteiger partial charge in [-0.2, -0.15) is 4.31 Å². The van der Waals surface area contributed by atoms with Crippen LogP contribution in [0, 0.1) is 0 Å². The molecule has 3 aliphatic heterocycles. The van der Waals surface area contributed by atoms with Gasteiger partial charge in [0.15, 0.2) is 0 Å². The van der Waals surface area contributed by atoms with Gasteiger partial charge in [-0.1, -0.05) is 19.9 Å². The number of benzene rings is 2. The number of piperidine rings is 1. The summed E-state index contributed by atoms with van der Waals surface area (Å²) in [5, 5.41) is 2.88. The van der Waals surface area contributed by atoms with E-state index in [0.717, 1.165) is 12.0 Å². The minimum absolute atomic E-state index is 0.100. The number of amides is 1. The molecule has 33 heavy (non-hydrogen) atoms. The number of methoxy groups -OCH3 is 1. The summed E-state index contributed by atoms with van der Waals surface area (Å²) in [6, 6.07) is 9.26. The quantitative estimate of drug-likeness (QED) is 0.687. The molecule has 0 saturated carbocycles. The minimum atomic E-state index is -3.92. The van der Waals surface area contributed by atoms with Gasteiger partial charge < -0.3 is 14.8 Å². The molecule has 0 aliphatic carbocycles. The predicted octanol–water partition coefficient (Wildman–Crippen LogP) is 3.41. The van der Waals surface area contributed by atoms with Gasteiger partial charge in [-0.05, 0) is 49.6 Å². The van der Waals surface area contributed by atoms with Crippen LogP contribution < -0.4 is 10.1 Å². The summed E-state index contributed by atoms with van der Waals surface area (Å²) >= 11 is 0.